The van der Waals surface area contributed by atoms with E-state index in [0.29, 0.717) is 5.89 Å². The van der Waals surface area contributed by atoms with E-state index >= 15 is 0 Å². The molecule has 0 spiro atoms. The van der Waals surface area contributed by atoms with Crippen LogP contribution in [-0.2, 0) is 17.3 Å². The van der Waals surface area contributed by atoms with Crippen molar-refractivity contribution < 1.29 is 8.84 Å². The Labute approximate surface area is 192 Å². The van der Waals surface area contributed by atoms with E-state index < -0.39 is 8.32 Å². The molecule has 1 aromatic heterocycles. The summed E-state index contributed by atoms with van der Waals surface area (Å²) in [6, 6.07) is 19.4. The molecule has 4 nitrogen and oxygen atoms in total. The summed E-state index contributed by atoms with van der Waals surface area (Å²) in [5.74, 6) is 1.05. The Bertz CT molecular complexity index is 1120. The fourth-order valence-corrected chi connectivity index (χ4v) is 5.45. The highest BCUT2D eigenvalue weighted by Crippen LogP contribution is 2.44. The third kappa shape index (κ3) is 4.57. The molecule has 1 aliphatic rings. The molecule has 0 N–H and O–H groups in total. The van der Waals surface area contributed by atoms with Crippen molar-refractivity contribution in [2.24, 2.45) is 5.92 Å². The van der Waals surface area contributed by atoms with Crippen molar-refractivity contribution in [3.8, 4) is 17.2 Å². The van der Waals surface area contributed by atoms with Crippen LogP contribution in [0, 0.1) is 17.2 Å². The SMILES string of the molecule is CC(C)(C)[Si](C)(C)OC(c1ncc(C#N)o1)C1CCc2cc(-c3ccccc3)ccc2C1. The number of fused-ring (bicyclic) bond motifs is 1. The summed E-state index contributed by atoms with van der Waals surface area (Å²) in [7, 11) is -2.06. The molecule has 2 atom stereocenters. The van der Waals surface area contributed by atoms with E-state index in [1.165, 1.54) is 28.5 Å². The average molecular weight is 445 g/mol. The van der Waals surface area contributed by atoms with E-state index in [9.17, 15) is 5.26 Å². The van der Waals surface area contributed by atoms with Crippen LogP contribution < -0.4 is 0 Å². The zero-order valence-corrected chi connectivity index (χ0v) is 20.7. The second kappa shape index (κ2) is 8.69. The second-order valence-electron chi connectivity index (χ2n) is 10.3. The minimum absolute atomic E-state index is 0.0764. The van der Waals surface area contributed by atoms with Crippen molar-refractivity contribution >= 4 is 8.32 Å². The van der Waals surface area contributed by atoms with E-state index in [4.69, 9.17) is 8.84 Å². The van der Waals surface area contributed by atoms with Gasteiger partial charge in [0.1, 0.15) is 12.2 Å². The lowest BCUT2D eigenvalue weighted by atomic mass is 9.80. The molecule has 2 aromatic carbocycles. The quantitative estimate of drug-likeness (QED) is 0.394. The summed E-state index contributed by atoms with van der Waals surface area (Å²) in [5, 5.41) is 9.32. The molecule has 0 radical (unpaired) electrons. The lowest BCUT2D eigenvalue weighted by Crippen LogP contribution is -2.43. The van der Waals surface area contributed by atoms with Crippen LogP contribution in [0.25, 0.3) is 11.1 Å². The van der Waals surface area contributed by atoms with Gasteiger partial charge in [-0.05, 0) is 65.6 Å². The summed E-state index contributed by atoms with van der Waals surface area (Å²) >= 11 is 0. The summed E-state index contributed by atoms with van der Waals surface area (Å²) in [6.07, 6.45) is 4.22. The maximum absolute atomic E-state index is 9.24. The molecule has 3 aromatic rings. The summed E-state index contributed by atoms with van der Waals surface area (Å²) in [6.45, 7) is 11.3. The molecule has 32 heavy (non-hydrogen) atoms. The number of benzene rings is 2. The number of nitrogens with zero attached hydrogens (tertiary/aromatic N) is 2. The van der Waals surface area contributed by atoms with Gasteiger partial charge in [-0.3, -0.25) is 0 Å². The Morgan fingerprint density at radius 1 is 1.09 bits per heavy atom. The van der Waals surface area contributed by atoms with Crippen molar-refractivity contribution in [1.29, 1.82) is 5.26 Å². The van der Waals surface area contributed by atoms with E-state index in [1.807, 2.05) is 0 Å². The predicted molar refractivity (Wildman–Crippen MR) is 130 cm³/mol. The van der Waals surface area contributed by atoms with Crippen molar-refractivity contribution in [2.45, 2.75) is 64.3 Å². The van der Waals surface area contributed by atoms with Gasteiger partial charge in [0.05, 0.1) is 6.20 Å². The van der Waals surface area contributed by atoms with Crippen molar-refractivity contribution in [1.82, 2.24) is 4.98 Å². The van der Waals surface area contributed by atoms with Crippen LogP contribution in [0.1, 0.15) is 56.1 Å². The van der Waals surface area contributed by atoms with Crippen LogP contribution in [0.3, 0.4) is 0 Å². The van der Waals surface area contributed by atoms with Crippen molar-refractivity contribution in [3.63, 3.8) is 0 Å². The van der Waals surface area contributed by atoms with Crippen LogP contribution in [-0.4, -0.2) is 13.3 Å². The molecular weight excluding hydrogens is 412 g/mol. The summed E-state index contributed by atoms with van der Waals surface area (Å²) in [4.78, 5) is 4.45. The molecule has 2 unspecified atom stereocenters. The van der Waals surface area contributed by atoms with Gasteiger partial charge in [0.2, 0.25) is 11.7 Å². The van der Waals surface area contributed by atoms with Crippen LogP contribution >= 0.6 is 0 Å². The number of hydrogen-bond donors (Lipinski definition) is 0. The Kier molecular flexibility index (Phi) is 6.11. The lowest BCUT2D eigenvalue weighted by molar-refractivity contribution is 0.0822. The molecule has 0 aliphatic heterocycles. The predicted octanol–water partition coefficient (Wildman–Crippen LogP) is 7.08. The molecule has 166 valence electrons. The van der Waals surface area contributed by atoms with E-state index in [0.717, 1.165) is 19.3 Å². The second-order valence-corrected chi connectivity index (χ2v) is 15.1. The Morgan fingerprint density at radius 3 is 2.50 bits per heavy atom. The number of hydrogen-bond acceptors (Lipinski definition) is 4. The molecule has 0 saturated heterocycles. The third-order valence-electron chi connectivity index (χ3n) is 7.11. The summed E-state index contributed by atoms with van der Waals surface area (Å²) < 4.78 is 12.7. The summed E-state index contributed by atoms with van der Waals surface area (Å²) in [5.41, 5.74) is 5.30. The zero-order chi connectivity index (χ0) is 22.9. The van der Waals surface area contributed by atoms with Crippen LogP contribution in [0.2, 0.25) is 18.1 Å². The monoisotopic (exact) mass is 444 g/mol. The molecule has 1 aliphatic carbocycles. The van der Waals surface area contributed by atoms with Gasteiger partial charge < -0.3 is 8.84 Å². The first-order valence-corrected chi connectivity index (χ1v) is 14.3. The van der Waals surface area contributed by atoms with Gasteiger partial charge in [-0.25, -0.2) is 4.98 Å². The average Bonchev–Trinajstić information content (AvgIpc) is 3.26. The molecule has 5 heteroatoms. The molecule has 0 bridgehead atoms. The highest BCUT2D eigenvalue weighted by molar-refractivity contribution is 6.74. The van der Waals surface area contributed by atoms with Gasteiger partial charge in [-0.15, -0.1) is 0 Å². The number of aryl methyl sites for hydroxylation is 1. The number of oxazole rings is 1. The Morgan fingerprint density at radius 2 is 1.84 bits per heavy atom. The van der Waals surface area contributed by atoms with Gasteiger partial charge in [0, 0.05) is 0 Å². The highest BCUT2D eigenvalue weighted by atomic mass is 28.4. The first-order valence-electron chi connectivity index (χ1n) is 11.4. The maximum Gasteiger partial charge on any atom is 0.224 e. The van der Waals surface area contributed by atoms with Gasteiger partial charge >= 0.3 is 0 Å². The molecule has 4 rings (SSSR count). The van der Waals surface area contributed by atoms with Gasteiger partial charge in [0.15, 0.2) is 8.32 Å². The normalized spacial score (nSPS) is 17.4. The molecule has 0 saturated carbocycles. The van der Waals surface area contributed by atoms with Crippen LogP contribution in [0.5, 0.6) is 0 Å². The number of aromatic nitrogens is 1. The number of rotatable bonds is 5. The Balaban J connectivity index is 1.62. The fraction of sp³-hybridized carbons (Fsp3) is 0.407. The maximum atomic E-state index is 9.24. The minimum Gasteiger partial charge on any atom is -0.427 e. The zero-order valence-electron chi connectivity index (χ0n) is 19.7. The first kappa shape index (κ1) is 22.5. The van der Waals surface area contributed by atoms with Crippen molar-refractivity contribution in [2.75, 3.05) is 0 Å². The van der Waals surface area contributed by atoms with Gasteiger partial charge in [-0.2, -0.15) is 5.26 Å². The van der Waals surface area contributed by atoms with E-state index in [2.05, 4.69) is 93.4 Å². The Hall–Kier alpha value is -2.68. The van der Waals surface area contributed by atoms with Gasteiger partial charge in [-0.1, -0.05) is 69.3 Å². The largest absolute Gasteiger partial charge is 0.427 e. The smallest absolute Gasteiger partial charge is 0.224 e. The highest BCUT2D eigenvalue weighted by Gasteiger charge is 2.43. The lowest BCUT2D eigenvalue weighted by Gasteiger charge is -2.41. The fourth-order valence-electron chi connectivity index (χ4n) is 4.17. The van der Waals surface area contributed by atoms with E-state index in [1.54, 1.807) is 0 Å². The number of nitriles is 1. The molecule has 0 fully saturated rings. The molecular formula is C27H32N2O2Si. The van der Waals surface area contributed by atoms with Crippen molar-refractivity contribution in [3.05, 3.63) is 77.5 Å². The molecule has 1 heterocycles. The minimum atomic E-state index is -2.06. The van der Waals surface area contributed by atoms with Crippen LogP contribution in [0.4, 0.5) is 0 Å². The van der Waals surface area contributed by atoms with Gasteiger partial charge in [0.25, 0.3) is 0 Å². The topological polar surface area (TPSA) is 59.0 Å². The standard InChI is InChI=1S/C27H32N2O2Si/c1-27(2,3)32(4,5)31-25(26-29-18-24(17-28)30-26)23-14-13-21-15-20(11-12-22(21)16-23)19-9-7-6-8-10-19/h6-12,15,18,23,25H,13-14,16H2,1-5H3. The third-order valence-corrected chi connectivity index (χ3v) is 11.6. The van der Waals surface area contributed by atoms with E-state index in [-0.39, 0.29) is 22.8 Å². The first-order chi connectivity index (χ1) is 15.2. The van der Waals surface area contributed by atoms with Crippen LogP contribution in [0.15, 0.2) is 59.1 Å². The molecule has 0 amide bonds.